The van der Waals surface area contributed by atoms with Gasteiger partial charge >= 0.3 is 5.97 Å². The lowest BCUT2D eigenvalue weighted by molar-refractivity contribution is 0.0678. The number of aromatic nitrogens is 1. The SMILES string of the molecule is CCCCOc1c(C(=O)O)n(CCC)c(=O)c2ccc(Cl)cc12. The van der Waals surface area contributed by atoms with Gasteiger partial charge in [0.1, 0.15) is 0 Å². The molecule has 0 unspecified atom stereocenters. The van der Waals surface area contributed by atoms with E-state index in [1.165, 1.54) is 4.57 Å². The molecule has 0 aliphatic rings. The third kappa shape index (κ3) is 3.50. The van der Waals surface area contributed by atoms with Gasteiger partial charge in [-0.25, -0.2) is 4.79 Å². The number of halogens is 1. The first kappa shape index (κ1) is 17.3. The number of unbranched alkanes of at least 4 members (excludes halogenated alkanes) is 1. The molecule has 1 heterocycles. The first-order chi connectivity index (χ1) is 11.0. The molecule has 1 aromatic carbocycles. The number of benzene rings is 1. The van der Waals surface area contributed by atoms with Gasteiger partial charge in [0, 0.05) is 17.0 Å². The smallest absolute Gasteiger partial charge is 0.356 e. The highest BCUT2D eigenvalue weighted by Gasteiger charge is 2.23. The fraction of sp³-hybridized carbons (Fsp3) is 0.412. The molecule has 2 aromatic rings. The van der Waals surface area contributed by atoms with E-state index < -0.39 is 5.97 Å². The highest BCUT2D eigenvalue weighted by molar-refractivity contribution is 6.31. The Morgan fingerprint density at radius 2 is 2.00 bits per heavy atom. The molecule has 0 saturated heterocycles. The molecule has 0 amide bonds. The summed E-state index contributed by atoms with van der Waals surface area (Å²) in [6, 6.07) is 4.82. The number of carboxylic acid groups (broad SMARTS) is 1. The average molecular weight is 338 g/mol. The zero-order valence-electron chi connectivity index (χ0n) is 13.3. The molecule has 0 aliphatic heterocycles. The molecule has 2 rings (SSSR count). The molecule has 1 aromatic heterocycles. The molecule has 0 fully saturated rings. The van der Waals surface area contributed by atoms with Crippen LogP contribution in [0.1, 0.15) is 43.6 Å². The van der Waals surface area contributed by atoms with Crippen molar-refractivity contribution in [2.75, 3.05) is 6.61 Å². The molecule has 0 radical (unpaired) electrons. The molecule has 1 N–H and O–H groups in total. The summed E-state index contributed by atoms with van der Waals surface area (Å²) in [5.74, 6) is -0.958. The summed E-state index contributed by atoms with van der Waals surface area (Å²) in [6.07, 6.45) is 2.37. The number of rotatable bonds is 7. The second-order valence-electron chi connectivity index (χ2n) is 5.33. The van der Waals surface area contributed by atoms with Crippen molar-refractivity contribution in [3.63, 3.8) is 0 Å². The van der Waals surface area contributed by atoms with Crippen LogP contribution in [0.15, 0.2) is 23.0 Å². The first-order valence-electron chi connectivity index (χ1n) is 7.73. The van der Waals surface area contributed by atoms with Gasteiger partial charge in [-0.1, -0.05) is 31.9 Å². The van der Waals surface area contributed by atoms with Crippen LogP contribution < -0.4 is 10.3 Å². The van der Waals surface area contributed by atoms with E-state index in [0.717, 1.165) is 12.8 Å². The number of ether oxygens (including phenoxy) is 1. The van der Waals surface area contributed by atoms with E-state index >= 15 is 0 Å². The summed E-state index contributed by atoms with van der Waals surface area (Å²) >= 11 is 6.03. The second-order valence-corrected chi connectivity index (χ2v) is 5.77. The van der Waals surface area contributed by atoms with Crippen LogP contribution in [0, 0.1) is 0 Å². The topological polar surface area (TPSA) is 68.5 Å². The van der Waals surface area contributed by atoms with Crippen molar-refractivity contribution in [3.8, 4) is 5.75 Å². The molecular formula is C17H20ClNO4. The maximum absolute atomic E-state index is 12.6. The average Bonchev–Trinajstić information content (AvgIpc) is 2.51. The van der Waals surface area contributed by atoms with Crippen molar-refractivity contribution in [2.45, 2.75) is 39.7 Å². The summed E-state index contributed by atoms with van der Waals surface area (Å²) in [5, 5.41) is 10.9. The number of carbonyl (C=O) groups is 1. The van der Waals surface area contributed by atoms with Gasteiger partial charge in [0.2, 0.25) is 0 Å². The van der Waals surface area contributed by atoms with Crippen molar-refractivity contribution in [2.24, 2.45) is 0 Å². The van der Waals surface area contributed by atoms with Gasteiger partial charge in [-0.2, -0.15) is 0 Å². The van der Waals surface area contributed by atoms with Gasteiger partial charge in [-0.15, -0.1) is 0 Å². The van der Waals surface area contributed by atoms with Crippen molar-refractivity contribution < 1.29 is 14.6 Å². The second kappa shape index (κ2) is 7.51. The van der Waals surface area contributed by atoms with Gasteiger partial charge in [0.15, 0.2) is 11.4 Å². The Morgan fingerprint density at radius 3 is 2.61 bits per heavy atom. The lowest BCUT2D eigenvalue weighted by atomic mass is 10.1. The van der Waals surface area contributed by atoms with Gasteiger partial charge in [0.25, 0.3) is 5.56 Å². The van der Waals surface area contributed by atoms with E-state index in [1.54, 1.807) is 18.2 Å². The Morgan fingerprint density at radius 1 is 1.26 bits per heavy atom. The summed E-state index contributed by atoms with van der Waals surface area (Å²) in [7, 11) is 0. The minimum atomic E-state index is -1.18. The number of aromatic carboxylic acids is 1. The van der Waals surface area contributed by atoms with E-state index in [9.17, 15) is 14.7 Å². The minimum absolute atomic E-state index is 0.109. The molecule has 23 heavy (non-hydrogen) atoms. The van der Waals surface area contributed by atoms with Crippen LogP contribution in [-0.4, -0.2) is 22.2 Å². The Kier molecular flexibility index (Phi) is 5.66. The number of hydrogen-bond acceptors (Lipinski definition) is 3. The molecule has 0 spiro atoms. The van der Waals surface area contributed by atoms with E-state index in [-0.39, 0.29) is 17.0 Å². The third-order valence-electron chi connectivity index (χ3n) is 3.58. The Balaban J connectivity index is 2.81. The quantitative estimate of drug-likeness (QED) is 0.777. The largest absolute Gasteiger partial charge is 0.490 e. The molecule has 0 bridgehead atoms. The molecule has 124 valence electrons. The van der Waals surface area contributed by atoms with Crippen LogP contribution in [0.5, 0.6) is 5.75 Å². The van der Waals surface area contributed by atoms with E-state index in [1.807, 2.05) is 13.8 Å². The van der Waals surface area contributed by atoms with Crippen molar-refractivity contribution in [1.29, 1.82) is 0 Å². The summed E-state index contributed by atoms with van der Waals surface area (Å²) < 4.78 is 7.03. The highest BCUT2D eigenvalue weighted by atomic mass is 35.5. The number of nitrogens with zero attached hydrogens (tertiary/aromatic N) is 1. The highest BCUT2D eigenvalue weighted by Crippen LogP contribution is 2.30. The van der Waals surface area contributed by atoms with Gasteiger partial charge in [-0.05, 0) is 31.0 Å². The molecule has 6 heteroatoms. The van der Waals surface area contributed by atoms with Crippen LogP contribution in [-0.2, 0) is 6.54 Å². The van der Waals surface area contributed by atoms with Crippen LogP contribution in [0.3, 0.4) is 0 Å². The lowest BCUT2D eigenvalue weighted by Crippen LogP contribution is -2.27. The molecular weight excluding hydrogens is 318 g/mol. The van der Waals surface area contributed by atoms with Crippen LogP contribution in [0.2, 0.25) is 5.02 Å². The normalized spacial score (nSPS) is 10.9. The van der Waals surface area contributed by atoms with E-state index in [4.69, 9.17) is 16.3 Å². The minimum Gasteiger partial charge on any atom is -0.490 e. The Bertz CT molecular complexity index is 782. The Hall–Kier alpha value is -2.01. The fourth-order valence-corrected chi connectivity index (χ4v) is 2.67. The first-order valence-corrected chi connectivity index (χ1v) is 8.11. The standard InChI is InChI=1S/C17H20ClNO4/c1-3-5-9-23-15-13-10-11(18)6-7-12(13)16(20)19(8-4-2)14(15)17(21)22/h6-7,10H,3-5,8-9H2,1-2H3,(H,21,22). The predicted octanol–water partition coefficient (Wildman–Crippen LogP) is 3.94. The van der Waals surface area contributed by atoms with Crippen LogP contribution >= 0.6 is 11.6 Å². The maximum Gasteiger partial charge on any atom is 0.356 e. The van der Waals surface area contributed by atoms with Crippen molar-refractivity contribution >= 4 is 28.3 Å². The summed E-state index contributed by atoms with van der Waals surface area (Å²) in [6.45, 7) is 4.63. The summed E-state index contributed by atoms with van der Waals surface area (Å²) in [4.78, 5) is 24.4. The number of fused-ring (bicyclic) bond motifs is 1. The number of pyridine rings is 1. The van der Waals surface area contributed by atoms with E-state index in [0.29, 0.717) is 35.4 Å². The van der Waals surface area contributed by atoms with Crippen molar-refractivity contribution in [1.82, 2.24) is 4.57 Å². The number of hydrogen-bond donors (Lipinski definition) is 1. The maximum atomic E-state index is 12.6. The zero-order valence-corrected chi connectivity index (χ0v) is 14.0. The Labute approximate surface area is 139 Å². The fourth-order valence-electron chi connectivity index (χ4n) is 2.50. The predicted molar refractivity (Wildman–Crippen MR) is 90.9 cm³/mol. The molecule has 5 nitrogen and oxygen atoms in total. The third-order valence-corrected chi connectivity index (χ3v) is 3.82. The van der Waals surface area contributed by atoms with Crippen LogP contribution in [0.25, 0.3) is 10.8 Å². The van der Waals surface area contributed by atoms with Crippen molar-refractivity contribution in [3.05, 3.63) is 39.3 Å². The monoisotopic (exact) mass is 337 g/mol. The lowest BCUT2D eigenvalue weighted by Gasteiger charge is -2.17. The van der Waals surface area contributed by atoms with Gasteiger partial charge < -0.3 is 9.84 Å². The summed E-state index contributed by atoms with van der Waals surface area (Å²) in [5.41, 5.74) is -0.443. The van der Waals surface area contributed by atoms with Gasteiger partial charge in [0.05, 0.1) is 12.0 Å². The van der Waals surface area contributed by atoms with Gasteiger partial charge in [-0.3, -0.25) is 9.36 Å². The zero-order chi connectivity index (χ0) is 17.0. The van der Waals surface area contributed by atoms with Crippen LogP contribution in [0.4, 0.5) is 0 Å². The molecule has 0 aliphatic carbocycles. The molecule has 0 atom stereocenters. The molecule has 0 saturated carbocycles. The number of carboxylic acids is 1. The van der Waals surface area contributed by atoms with E-state index in [2.05, 4.69) is 0 Å².